The molecule has 0 fully saturated rings. The average Bonchev–Trinajstić information content (AvgIpc) is 3.13. The number of aryl methyl sites for hydroxylation is 1. The van der Waals surface area contributed by atoms with E-state index in [1.165, 1.54) is 0 Å². The molecule has 2 aromatic heterocycles. The van der Waals surface area contributed by atoms with E-state index < -0.39 is 0 Å². The first kappa shape index (κ1) is 14.3. The quantitative estimate of drug-likeness (QED) is 0.580. The monoisotopic (exact) mass is 298 g/mol. The Labute approximate surface area is 128 Å². The topological polar surface area (TPSA) is 72.8 Å². The summed E-state index contributed by atoms with van der Waals surface area (Å²) < 4.78 is 6.95. The Kier molecular flexibility index (Phi) is 3.91. The first-order valence-corrected chi connectivity index (χ1v) is 7.36. The Bertz CT molecular complexity index is 803. The van der Waals surface area contributed by atoms with Crippen LogP contribution >= 0.6 is 0 Å². The SMILES string of the molecule is CCCCOC(=O)c1cn(-c2cccc3cn[nH]c23)nc1C. The molecular weight excluding hydrogens is 280 g/mol. The maximum Gasteiger partial charge on any atom is 0.341 e. The van der Waals surface area contributed by atoms with Crippen LogP contribution in [0.15, 0.2) is 30.6 Å². The van der Waals surface area contributed by atoms with E-state index in [2.05, 4.69) is 22.2 Å². The lowest BCUT2D eigenvalue weighted by atomic mass is 10.2. The zero-order chi connectivity index (χ0) is 15.5. The molecule has 3 aromatic rings. The van der Waals surface area contributed by atoms with E-state index in [-0.39, 0.29) is 5.97 Å². The van der Waals surface area contributed by atoms with Gasteiger partial charge in [0.25, 0.3) is 0 Å². The number of hydrogen-bond donors (Lipinski definition) is 1. The van der Waals surface area contributed by atoms with Crippen molar-refractivity contribution in [2.75, 3.05) is 6.61 Å². The fraction of sp³-hybridized carbons (Fsp3) is 0.312. The Hall–Kier alpha value is -2.63. The Morgan fingerprint density at radius 1 is 1.41 bits per heavy atom. The molecule has 0 amide bonds. The van der Waals surface area contributed by atoms with Crippen molar-refractivity contribution in [3.8, 4) is 5.69 Å². The van der Waals surface area contributed by atoms with Crippen molar-refractivity contribution in [1.29, 1.82) is 0 Å². The van der Waals surface area contributed by atoms with Crippen LogP contribution in [-0.2, 0) is 4.74 Å². The summed E-state index contributed by atoms with van der Waals surface area (Å²) in [6, 6.07) is 5.83. The molecule has 6 nitrogen and oxygen atoms in total. The van der Waals surface area contributed by atoms with Gasteiger partial charge in [0.1, 0.15) is 5.56 Å². The lowest BCUT2D eigenvalue weighted by Crippen LogP contribution is -2.06. The van der Waals surface area contributed by atoms with Gasteiger partial charge in [0.05, 0.1) is 29.7 Å². The van der Waals surface area contributed by atoms with Gasteiger partial charge in [-0.05, 0) is 19.4 Å². The van der Waals surface area contributed by atoms with Gasteiger partial charge in [0.15, 0.2) is 0 Å². The third-order valence-corrected chi connectivity index (χ3v) is 3.55. The third kappa shape index (κ3) is 2.59. The summed E-state index contributed by atoms with van der Waals surface area (Å²) >= 11 is 0. The van der Waals surface area contributed by atoms with Gasteiger partial charge in [0, 0.05) is 11.6 Å². The molecule has 114 valence electrons. The molecule has 0 saturated heterocycles. The van der Waals surface area contributed by atoms with Crippen LogP contribution in [0.3, 0.4) is 0 Å². The summed E-state index contributed by atoms with van der Waals surface area (Å²) in [5.74, 6) is -0.325. The Morgan fingerprint density at radius 3 is 3.09 bits per heavy atom. The number of H-pyrrole nitrogens is 1. The van der Waals surface area contributed by atoms with Crippen molar-refractivity contribution in [3.63, 3.8) is 0 Å². The number of benzene rings is 1. The highest BCUT2D eigenvalue weighted by Gasteiger charge is 2.16. The summed E-state index contributed by atoms with van der Waals surface area (Å²) in [5.41, 5.74) is 2.88. The lowest BCUT2D eigenvalue weighted by molar-refractivity contribution is 0.0499. The summed E-state index contributed by atoms with van der Waals surface area (Å²) in [7, 11) is 0. The number of nitrogens with one attached hydrogen (secondary N) is 1. The highest BCUT2D eigenvalue weighted by atomic mass is 16.5. The van der Waals surface area contributed by atoms with Crippen LogP contribution in [-0.4, -0.2) is 32.6 Å². The molecule has 1 N–H and O–H groups in total. The first-order valence-electron chi connectivity index (χ1n) is 7.36. The van der Waals surface area contributed by atoms with Crippen molar-refractivity contribution in [2.24, 2.45) is 0 Å². The van der Waals surface area contributed by atoms with E-state index in [1.54, 1.807) is 24.0 Å². The lowest BCUT2D eigenvalue weighted by Gasteiger charge is -2.02. The zero-order valence-corrected chi connectivity index (χ0v) is 12.7. The van der Waals surface area contributed by atoms with Crippen molar-refractivity contribution in [3.05, 3.63) is 41.9 Å². The summed E-state index contributed by atoms with van der Waals surface area (Å²) in [4.78, 5) is 12.1. The van der Waals surface area contributed by atoms with E-state index in [4.69, 9.17) is 4.74 Å². The minimum atomic E-state index is -0.325. The number of carbonyl (C=O) groups is 1. The normalized spacial score (nSPS) is 11.0. The standard InChI is InChI=1S/C16H18N4O2/c1-3-4-8-22-16(21)13-10-20(19-11(13)2)14-7-5-6-12-9-17-18-15(12)14/h5-7,9-10H,3-4,8H2,1-2H3,(H,17,18). The maximum absolute atomic E-state index is 12.1. The van der Waals surface area contributed by atoms with Crippen LogP contribution in [0, 0.1) is 6.92 Å². The van der Waals surface area contributed by atoms with E-state index in [0.29, 0.717) is 17.9 Å². The molecule has 0 radical (unpaired) electrons. The molecule has 2 heterocycles. The molecule has 0 aliphatic rings. The number of ether oxygens (including phenoxy) is 1. The van der Waals surface area contributed by atoms with Gasteiger partial charge in [-0.25, -0.2) is 9.48 Å². The predicted molar refractivity (Wildman–Crippen MR) is 83.1 cm³/mol. The summed E-state index contributed by atoms with van der Waals surface area (Å²) in [6.45, 7) is 4.30. The van der Waals surface area contributed by atoms with Crippen LogP contribution in [0.25, 0.3) is 16.6 Å². The van der Waals surface area contributed by atoms with Crippen LogP contribution in [0.5, 0.6) is 0 Å². The van der Waals surface area contributed by atoms with E-state index in [1.807, 2.05) is 18.2 Å². The molecule has 1 aromatic carbocycles. The zero-order valence-electron chi connectivity index (χ0n) is 12.7. The van der Waals surface area contributed by atoms with Crippen LogP contribution in [0.4, 0.5) is 0 Å². The molecular formula is C16H18N4O2. The number of para-hydroxylation sites is 1. The van der Waals surface area contributed by atoms with E-state index in [9.17, 15) is 4.79 Å². The van der Waals surface area contributed by atoms with E-state index in [0.717, 1.165) is 29.4 Å². The number of rotatable bonds is 5. The predicted octanol–water partition coefficient (Wildman–Crippen LogP) is 3.01. The molecule has 0 unspecified atom stereocenters. The number of hydrogen-bond acceptors (Lipinski definition) is 4. The van der Waals surface area contributed by atoms with Crippen molar-refractivity contribution < 1.29 is 9.53 Å². The number of aromatic nitrogens is 4. The van der Waals surface area contributed by atoms with Crippen LogP contribution in [0.1, 0.15) is 35.8 Å². The number of aromatic amines is 1. The highest BCUT2D eigenvalue weighted by molar-refractivity contribution is 5.91. The van der Waals surface area contributed by atoms with Gasteiger partial charge in [-0.15, -0.1) is 0 Å². The Balaban J connectivity index is 1.92. The van der Waals surface area contributed by atoms with Gasteiger partial charge in [-0.1, -0.05) is 25.5 Å². The minimum Gasteiger partial charge on any atom is -0.462 e. The number of nitrogens with zero attached hydrogens (tertiary/aromatic N) is 3. The fourth-order valence-corrected chi connectivity index (χ4v) is 2.31. The summed E-state index contributed by atoms with van der Waals surface area (Å²) in [6.07, 6.45) is 5.33. The molecule has 6 heteroatoms. The van der Waals surface area contributed by atoms with Crippen LogP contribution in [0.2, 0.25) is 0 Å². The molecule has 0 aliphatic carbocycles. The van der Waals surface area contributed by atoms with Gasteiger partial charge >= 0.3 is 5.97 Å². The van der Waals surface area contributed by atoms with Crippen LogP contribution < -0.4 is 0 Å². The smallest absolute Gasteiger partial charge is 0.341 e. The number of unbranched alkanes of at least 4 members (excludes halogenated alkanes) is 1. The molecule has 3 rings (SSSR count). The minimum absolute atomic E-state index is 0.325. The van der Waals surface area contributed by atoms with E-state index >= 15 is 0 Å². The second kappa shape index (κ2) is 6.01. The third-order valence-electron chi connectivity index (χ3n) is 3.55. The molecule has 0 bridgehead atoms. The van der Waals surface area contributed by atoms with Gasteiger partial charge in [0.2, 0.25) is 0 Å². The van der Waals surface area contributed by atoms with Crippen molar-refractivity contribution >= 4 is 16.9 Å². The van der Waals surface area contributed by atoms with Gasteiger partial charge in [-0.2, -0.15) is 10.2 Å². The first-order chi connectivity index (χ1) is 10.7. The average molecular weight is 298 g/mol. The number of esters is 1. The molecule has 0 atom stereocenters. The van der Waals surface area contributed by atoms with Gasteiger partial charge < -0.3 is 4.74 Å². The largest absolute Gasteiger partial charge is 0.462 e. The Morgan fingerprint density at radius 2 is 2.27 bits per heavy atom. The molecule has 0 aliphatic heterocycles. The number of fused-ring (bicyclic) bond motifs is 1. The molecule has 22 heavy (non-hydrogen) atoms. The molecule has 0 spiro atoms. The summed E-state index contributed by atoms with van der Waals surface area (Å²) in [5, 5.41) is 12.4. The highest BCUT2D eigenvalue weighted by Crippen LogP contribution is 2.20. The second-order valence-electron chi connectivity index (χ2n) is 5.17. The van der Waals surface area contributed by atoms with Gasteiger partial charge in [-0.3, -0.25) is 5.10 Å². The van der Waals surface area contributed by atoms with Crippen molar-refractivity contribution in [2.45, 2.75) is 26.7 Å². The fourth-order valence-electron chi connectivity index (χ4n) is 2.31. The maximum atomic E-state index is 12.1. The van der Waals surface area contributed by atoms with Crippen molar-refractivity contribution in [1.82, 2.24) is 20.0 Å². The second-order valence-corrected chi connectivity index (χ2v) is 5.17. The number of carbonyl (C=O) groups excluding carboxylic acids is 1. The molecule has 0 saturated carbocycles.